The highest BCUT2D eigenvalue weighted by Gasteiger charge is 2.21. The molecule has 4 heteroatoms. The normalized spacial score (nSPS) is 23.7. The van der Waals surface area contributed by atoms with Crippen molar-refractivity contribution in [2.24, 2.45) is 5.73 Å². The molecule has 2 unspecified atom stereocenters. The van der Waals surface area contributed by atoms with E-state index in [-0.39, 0.29) is 30.2 Å². The first-order valence-corrected chi connectivity index (χ1v) is 6.94. The monoisotopic (exact) mass is 264 g/mol. The van der Waals surface area contributed by atoms with Gasteiger partial charge in [0.1, 0.15) is 5.82 Å². The second-order valence-electron chi connectivity index (χ2n) is 5.28. The van der Waals surface area contributed by atoms with Crippen LogP contribution in [0.25, 0.3) is 0 Å². The first-order valence-electron chi connectivity index (χ1n) is 6.94. The summed E-state index contributed by atoms with van der Waals surface area (Å²) in [7, 11) is 0. The molecule has 0 bridgehead atoms. The van der Waals surface area contributed by atoms with Crippen LogP contribution in [0.15, 0.2) is 24.3 Å². The number of hydrogen-bond acceptors (Lipinski definition) is 2. The predicted octanol–water partition coefficient (Wildman–Crippen LogP) is 2.14. The molecule has 0 aliphatic heterocycles. The van der Waals surface area contributed by atoms with Gasteiger partial charge in [-0.15, -0.1) is 0 Å². The second kappa shape index (κ2) is 6.66. The molecule has 1 amide bonds. The number of benzene rings is 1. The van der Waals surface area contributed by atoms with Gasteiger partial charge in [-0.25, -0.2) is 4.39 Å². The molecule has 2 atom stereocenters. The molecule has 1 fully saturated rings. The summed E-state index contributed by atoms with van der Waals surface area (Å²) < 4.78 is 13.0. The van der Waals surface area contributed by atoms with Crippen molar-refractivity contribution in [1.29, 1.82) is 0 Å². The van der Waals surface area contributed by atoms with E-state index in [2.05, 4.69) is 5.32 Å². The molecule has 19 heavy (non-hydrogen) atoms. The Morgan fingerprint density at radius 1 is 1.32 bits per heavy atom. The fraction of sp³-hybridized carbons (Fsp3) is 0.533. The van der Waals surface area contributed by atoms with Crippen LogP contribution in [0.5, 0.6) is 0 Å². The van der Waals surface area contributed by atoms with E-state index in [1.165, 1.54) is 18.6 Å². The largest absolute Gasteiger partial charge is 0.352 e. The lowest BCUT2D eigenvalue weighted by Crippen LogP contribution is -2.47. The first-order chi connectivity index (χ1) is 9.15. The summed E-state index contributed by atoms with van der Waals surface area (Å²) in [6.45, 7) is 0. The molecular formula is C15H21FN2O. The fourth-order valence-electron chi connectivity index (χ4n) is 2.61. The Morgan fingerprint density at radius 3 is 2.89 bits per heavy atom. The quantitative estimate of drug-likeness (QED) is 0.822. The fourth-order valence-corrected chi connectivity index (χ4v) is 2.61. The molecule has 3 N–H and O–H groups in total. The number of nitrogens with one attached hydrogen (secondary N) is 1. The van der Waals surface area contributed by atoms with Gasteiger partial charge in [-0.1, -0.05) is 31.4 Å². The molecular weight excluding hydrogens is 243 g/mol. The first kappa shape index (κ1) is 14.0. The number of hydrogen-bond donors (Lipinski definition) is 2. The second-order valence-corrected chi connectivity index (χ2v) is 5.28. The van der Waals surface area contributed by atoms with Crippen LogP contribution >= 0.6 is 0 Å². The van der Waals surface area contributed by atoms with Crippen LogP contribution in [0.4, 0.5) is 4.39 Å². The minimum atomic E-state index is -0.309. The third-order valence-electron chi connectivity index (χ3n) is 3.67. The maximum atomic E-state index is 13.0. The van der Waals surface area contributed by atoms with E-state index in [9.17, 15) is 9.18 Å². The van der Waals surface area contributed by atoms with Gasteiger partial charge in [-0.05, 0) is 30.5 Å². The van der Waals surface area contributed by atoms with Crippen LogP contribution in [0.1, 0.15) is 37.7 Å². The zero-order chi connectivity index (χ0) is 13.7. The SMILES string of the molecule is NC1CCCCCC1NC(=O)Cc1cccc(F)c1. The van der Waals surface area contributed by atoms with Gasteiger partial charge in [-0.3, -0.25) is 4.79 Å². The minimum absolute atomic E-state index is 0.0407. The van der Waals surface area contributed by atoms with Gasteiger partial charge in [0.15, 0.2) is 0 Å². The van der Waals surface area contributed by atoms with Crippen molar-refractivity contribution in [3.05, 3.63) is 35.6 Å². The van der Waals surface area contributed by atoms with Gasteiger partial charge < -0.3 is 11.1 Å². The topological polar surface area (TPSA) is 55.1 Å². The summed E-state index contributed by atoms with van der Waals surface area (Å²) in [5.74, 6) is -0.385. The Hall–Kier alpha value is -1.42. The molecule has 0 aromatic heterocycles. The number of rotatable bonds is 3. The Morgan fingerprint density at radius 2 is 2.11 bits per heavy atom. The molecule has 1 aromatic rings. The van der Waals surface area contributed by atoms with Gasteiger partial charge in [-0.2, -0.15) is 0 Å². The van der Waals surface area contributed by atoms with Crippen LogP contribution in [-0.4, -0.2) is 18.0 Å². The molecule has 0 radical (unpaired) electrons. The summed E-state index contributed by atoms with van der Waals surface area (Å²) in [6, 6.07) is 6.25. The van der Waals surface area contributed by atoms with Crippen molar-refractivity contribution in [2.45, 2.75) is 50.6 Å². The lowest BCUT2D eigenvalue weighted by Gasteiger charge is -2.22. The van der Waals surface area contributed by atoms with Crippen molar-refractivity contribution in [3.63, 3.8) is 0 Å². The van der Waals surface area contributed by atoms with Crippen LogP contribution in [0.3, 0.4) is 0 Å². The van der Waals surface area contributed by atoms with Crippen molar-refractivity contribution in [3.8, 4) is 0 Å². The van der Waals surface area contributed by atoms with Crippen LogP contribution < -0.4 is 11.1 Å². The molecule has 1 aliphatic rings. The van der Waals surface area contributed by atoms with Gasteiger partial charge in [0, 0.05) is 12.1 Å². The maximum Gasteiger partial charge on any atom is 0.224 e. The Balaban J connectivity index is 1.89. The molecule has 3 nitrogen and oxygen atoms in total. The standard InChI is InChI=1S/C15H21FN2O/c16-12-6-4-5-11(9-12)10-15(19)18-14-8-3-1-2-7-13(14)17/h4-6,9,13-14H,1-3,7-8,10,17H2,(H,18,19). The van der Waals surface area contributed by atoms with Crippen molar-refractivity contribution < 1.29 is 9.18 Å². The third-order valence-corrected chi connectivity index (χ3v) is 3.67. The summed E-state index contributed by atoms with van der Waals surface area (Å²) in [5.41, 5.74) is 6.76. The average molecular weight is 264 g/mol. The van der Waals surface area contributed by atoms with Crippen molar-refractivity contribution >= 4 is 5.91 Å². The maximum absolute atomic E-state index is 13.0. The summed E-state index contributed by atoms with van der Waals surface area (Å²) >= 11 is 0. The van der Waals surface area contributed by atoms with E-state index in [0.29, 0.717) is 5.56 Å². The highest BCUT2D eigenvalue weighted by Crippen LogP contribution is 2.17. The van der Waals surface area contributed by atoms with Crippen LogP contribution in [-0.2, 0) is 11.2 Å². The molecule has 0 heterocycles. The number of amides is 1. The highest BCUT2D eigenvalue weighted by atomic mass is 19.1. The average Bonchev–Trinajstić information content (AvgIpc) is 2.55. The Labute approximate surface area is 113 Å². The van der Waals surface area contributed by atoms with E-state index in [1.807, 2.05) is 0 Å². The molecule has 1 saturated carbocycles. The zero-order valence-electron chi connectivity index (χ0n) is 11.1. The van der Waals surface area contributed by atoms with E-state index in [4.69, 9.17) is 5.73 Å². The van der Waals surface area contributed by atoms with Gasteiger partial charge in [0.05, 0.1) is 6.42 Å². The Bertz CT molecular complexity index is 436. The van der Waals surface area contributed by atoms with E-state index >= 15 is 0 Å². The van der Waals surface area contributed by atoms with Crippen LogP contribution in [0, 0.1) is 5.82 Å². The highest BCUT2D eigenvalue weighted by molar-refractivity contribution is 5.78. The van der Waals surface area contributed by atoms with Gasteiger partial charge >= 0.3 is 0 Å². The number of nitrogens with two attached hydrogens (primary N) is 1. The predicted molar refractivity (Wildman–Crippen MR) is 73.1 cm³/mol. The van der Waals surface area contributed by atoms with Gasteiger partial charge in [0.25, 0.3) is 0 Å². The lowest BCUT2D eigenvalue weighted by molar-refractivity contribution is -0.121. The van der Waals surface area contributed by atoms with E-state index < -0.39 is 0 Å². The Kier molecular flexibility index (Phi) is 4.91. The summed E-state index contributed by atoms with van der Waals surface area (Å²) in [6.07, 6.45) is 5.54. The molecule has 0 saturated heterocycles. The smallest absolute Gasteiger partial charge is 0.224 e. The van der Waals surface area contributed by atoms with Crippen molar-refractivity contribution in [1.82, 2.24) is 5.32 Å². The van der Waals surface area contributed by atoms with E-state index in [1.54, 1.807) is 12.1 Å². The van der Waals surface area contributed by atoms with E-state index in [0.717, 1.165) is 25.7 Å². The molecule has 1 aromatic carbocycles. The van der Waals surface area contributed by atoms with Crippen LogP contribution in [0.2, 0.25) is 0 Å². The number of halogens is 1. The number of carbonyl (C=O) groups is 1. The molecule has 2 rings (SSSR count). The van der Waals surface area contributed by atoms with Crippen molar-refractivity contribution in [2.75, 3.05) is 0 Å². The van der Waals surface area contributed by atoms with Gasteiger partial charge in [0.2, 0.25) is 5.91 Å². The molecule has 0 spiro atoms. The molecule has 104 valence electrons. The molecule has 1 aliphatic carbocycles. The minimum Gasteiger partial charge on any atom is -0.352 e. The summed E-state index contributed by atoms with van der Waals surface area (Å²) in [4.78, 5) is 12.0. The summed E-state index contributed by atoms with van der Waals surface area (Å²) in [5, 5.41) is 2.99. The zero-order valence-corrected chi connectivity index (χ0v) is 11.1. The number of carbonyl (C=O) groups excluding carboxylic acids is 1. The lowest BCUT2D eigenvalue weighted by atomic mass is 10.0. The third kappa shape index (κ3) is 4.31.